The third-order valence-electron chi connectivity index (χ3n) is 2.78. The summed E-state index contributed by atoms with van der Waals surface area (Å²) in [6.45, 7) is 2.82. The molecule has 0 bridgehead atoms. The monoisotopic (exact) mass is 205 g/mol. The van der Waals surface area contributed by atoms with Gasteiger partial charge in [0.25, 0.3) is 0 Å². The van der Waals surface area contributed by atoms with Gasteiger partial charge in [0.2, 0.25) is 5.91 Å². The molecule has 1 amide bonds. The molecule has 2 heterocycles. The van der Waals surface area contributed by atoms with E-state index in [0.717, 1.165) is 24.2 Å². The van der Waals surface area contributed by atoms with Crippen LogP contribution in [0.15, 0.2) is 18.5 Å². The van der Waals surface area contributed by atoms with Crippen molar-refractivity contribution >= 4 is 11.6 Å². The van der Waals surface area contributed by atoms with Crippen molar-refractivity contribution in [3.05, 3.63) is 24.0 Å². The largest absolute Gasteiger partial charge is 0.373 e. The molecule has 0 saturated carbocycles. The number of carbonyl (C=O) groups is 1. The van der Waals surface area contributed by atoms with Crippen molar-refractivity contribution in [3.63, 3.8) is 0 Å². The molecule has 80 valence electrons. The molecule has 1 saturated heterocycles. The molecule has 1 fully saturated rings. The van der Waals surface area contributed by atoms with E-state index in [1.165, 1.54) is 0 Å². The Morgan fingerprint density at radius 2 is 2.40 bits per heavy atom. The van der Waals surface area contributed by atoms with E-state index >= 15 is 0 Å². The Morgan fingerprint density at radius 3 is 3.00 bits per heavy atom. The van der Waals surface area contributed by atoms with E-state index in [4.69, 9.17) is 0 Å². The summed E-state index contributed by atoms with van der Waals surface area (Å²) in [4.78, 5) is 17.4. The molecule has 1 aliphatic rings. The molecule has 15 heavy (non-hydrogen) atoms. The Hall–Kier alpha value is -1.58. The van der Waals surface area contributed by atoms with Crippen LogP contribution in [0.25, 0.3) is 0 Å². The molecule has 0 aromatic carbocycles. The van der Waals surface area contributed by atoms with Crippen molar-refractivity contribution in [2.75, 3.05) is 18.9 Å². The fourth-order valence-electron chi connectivity index (χ4n) is 1.78. The Bertz CT molecular complexity index is 378. The Balaban J connectivity index is 2.10. The molecule has 1 unspecified atom stereocenters. The van der Waals surface area contributed by atoms with E-state index in [0.29, 0.717) is 0 Å². The van der Waals surface area contributed by atoms with Gasteiger partial charge in [-0.1, -0.05) is 0 Å². The van der Waals surface area contributed by atoms with Crippen LogP contribution < -0.4 is 5.32 Å². The lowest BCUT2D eigenvalue weighted by Gasteiger charge is -2.14. The third kappa shape index (κ3) is 1.93. The second-order valence-corrected chi connectivity index (χ2v) is 3.94. The maximum atomic E-state index is 11.7. The van der Waals surface area contributed by atoms with Gasteiger partial charge < -0.3 is 10.2 Å². The van der Waals surface area contributed by atoms with Crippen LogP contribution in [0.1, 0.15) is 12.0 Å². The number of carbonyl (C=O) groups excluding carboxylic acids is 1. The van der Waals surface area contributed by atoms with Gasteiger partial charge in [-0.3, -0.25) is 9.78 Å². The molecule has 1 N–H and O–H groups in total. The standard InChI is InChI=1S/C11H15N3O/c1-8-7-12-5-3-9(8)13-10-4-6-14(2)11(10)15/h3,5,7,10H,4,6H2,1-2H3,(H,12,13). The predicted octanol–water partition coefficient (Wildman–Crippen LogP) is 1.03. The second-order valence-electron chi connectivity index (χ2n) is 3.94. The minimum Gasteiger partial charge on any atom is -0.373 e. The van der Waals surface area contributed by atoms with Crippen LogP contribution in [-0.4, -0.2) is 35.4 Å². The zero-order chi connectivity index (χ0) is 10.8. The topological polar surface area (TPSA) is 45.2 Å². The van der Waals surface area contributed by atoms with Gasteiger partial charge in [0.1, 0.15) is 6.04 Å². The minimum atomic E-state index is -0.0731. The lowest BCUT2D eigenvalue weighted by atomic mass is 10.2. The van der Waals surface area contributed by atoms with Crippen LogP contribution in [0.2, 0.25) is 0 Å². The SMILES string of the molecule is Cc1cnccc1NC1CCN(C)C1=O. The number of likely N-dealkylation sites (N-methyl/N-ethyl adjacent to an activating group) is 1. The van der Waals surface area contributed by atoms with Crippen molar-refractivity contribution in [2.24, 2.45) is 0 Å². The summed E-state index contributed by atoms with van der Waals surface area (Å²) in [5, 5.41) is 3.26. The van der Waals surface area contributed by atoms with Gasteiger partial charge in [-0.25, -0.2) is 0 Å². The average molecular weight is 205 g/mol. The molecule has 0 radical (unpaired) electrons. The van der Waals surface area contributed by atoms with Gasteiger partial charge >= 0.3 is 0 Å². The Kier molecular flexibility index (Phi) is 2.58. The van der Waals surface area contributed by atoms with E-state index in [1.807, 2.05) is 20.0 Å². The van der Waals surface area contributed by atoms with Crippen molar-refractivity contribution in [1.82, 2.24) is 9.88 Å². The highest BCUT2D eigenvalue weighted by Gasteiger charge is 2.28. The fourth-order valence-corrected chi connectivity index (χ4v) is 1.78. The number of anilines is 1. The highest BCUT2D eigenvalue weighted by molar-refractivity contribution is 5.86. The highest BCUT2D eigenvalue weighted by Crippen LogP contribution is 2.18. The number of likely N-dealkylation sites (tertiary alicyclic amines) is 1. The summed E-state index contributed by atoms with van der Waals surface area (Å²) in [6, 6.07) is 1.83. The maximum absolute atomic E-state index is 11.7. The van der Waals surface area contributed by atoms with Gasteiger partial charge in [-0.2, -0.15) is 0 Å². The normalized spacial score (nSPS) is 20.8. The first-order chi connectivity index (χ1) is 7.18. The van der Waals surface area contributed by atoms with Crippen LogP contribution in [0, 0.1) is 6.92 Å². The maximum Gasteiger partial charge on any atom is 0.244 e. The zero-order valence-corrected chi connectivity index (χ0v) is 9.03. The Morgan fingerprint density at radius 1 is 1.60 bits per heavy atom. The van der Waals surface area contributed by atoms with E-state index in [-0.39, 0.29) is 11.9 Å². The summed E-state index contributed by atoms with van der Waals surface area (Å²) < 4.78 is 0. The lowest BCUT2D eigenvalue weighted by molar-refractivity contribution is -0.127. The number of aryl methyl sites for hydroxylation is 1. The molecule has 1 aromatic rings. The van der Waals surface area contributed by atoms with Crippen LogP contribution in [0.3, 0.4) is 0 Å². The number of nitrogens with zero attached hydrogens (tertiary/aromatic N) is 2. The number of hydrogen-bond donors (Lipinski definition) is 1. The van der Waals surface area contributed by atoms with Crippen molar-refractivity contribution in [3.8, 4) is 0 Å². The average Bonchev–Trinajstić information content (AvgIpc) is 2.53. The molecular formula is C11H15N3O. The van der Waals surface area contributed by atoms with Crippen molar-refractivity contribution < 1.29 is 4.79 Å². The van der Waals surface area contributed by atoms with Gasteiger partial charge in [0.15, 0.2) is 0 Å². The smallest absolute Gasteiger partial charge is 0.244 e. The summed E-state index contributed by atoms with van der Waals surface area (Å²) in [5.74, 6) is 0.172. The van der Waals surface area contributed by atoms with Crippen LogP contribution in [0.4, 0.5) is 5.69 Å². The van der Waals surface area contributed by atoms with E-state index in [2.05, 4.69) is 10.3 Å². The number of pyridine rings is 1. The number of hydrogen-bond acceptors (Lipinski definition) is 3. The van der Waals surface area contributed by atoms with Crippen LogP contribution >= 0.6 is 0 Å². The molecule has 1 aliphatic heterocycles. The third-order valence-corrected chi connectivity index (χ3v) is 2.78. The lowest BCUT2D eigenvalue weighted by Crippen LogP contribution is -2.31. The molecule has 1 atom stereocenters. The first kappa shape index (κ1) is 9.96. The van der Waals surface area contributed by atoms with Crippen molar-refractivity contribution in [2.45, 2.75) is 19.4 Å². The quantitative estimate of drug-likeness (QED) is 0.784. The molecule has 2 rings (SSSR count). The van der Waals surface area contributed by atoms with E-state index in [9.17, 15) is 4.79 Å². The molecule has 0 aliphatic carbocycles. The molecule has 0 spiro atoms. The number of aromatic nitrogens is 1. The van der Waals surface area contributed by atoms with Gasteiger partial charge in [0, 0.05) is 31.7 Å². The van der Waals surface area contributed by atoms with E-state index < -0.39 is 0 Å². The van der Waals surface area contributed by atoms with Crippen LogP contribution in [-0.2, 0) is 4.79 Å². The molecule has 1 aromatic heterocycles. The highest BCUT2D eigenvalue weighted by atomic mass is 16.2. The summed E-state index contributed by atoms with van der Waals surface area (Å²) in [5.41, 5.74) is 2.07. The number of amides is 1. The minimum absolute atomic E-state index is 0.0731. The fraction of sp³-hybridized carbons (Fsp3) is 0.455. The first-order valence-electron chi connectivity index (χ1n) is 5.10. The zero-order valence-electron chi connectivity index (χ0n) is 9.03. The van der Waals surface area contributed by atoms with E-state index in [1.54, 1.807) is 17.3 Å². The first-order valence-corrected chi connectivity index (χ1v) is 5.10. The van der Waals surface area contributed by atoms with Gasteiger partial charge in [-0.15, -0.1) is 0 Å². The second kappa shape index (κ2) is 3.88. The van der Waals surface area contributed by atoms with Crippen LogP contribution in [0.5, 0.6) is 0 Å². The summed E-state index contributed by atoms with van der Waals surface area (Å²) >= 11 is 0. The Labute approximate surface area is 89.3 Å². The summed E-state index contributed by atoms with van der Waals surface area (Å²) in [7, 11) is 1.84. The molecular weight excluding hydrogens is 190 g/mol. The number of nitrogens with one attached hydrogen (secondary N) is 1. The molecule has 4 nitrogen and oxygen atoms in total. The molecule has 4 heteroatoms. The van der Waals surface area contributed by atoms with Gasteiger partial charge in [-0.05, 0) is 25.0 Å². The summed E-state index contributed by atoms with van der Waals surface area (Å²) in [6.07, 6.45) is 4.40. The van der Waals surface area contributed by atoms with Crippen molar-refractivity contribution in [1.29, 1.82) is 0 Å². The van der Waals surface area contributed by atoms with Gasteiger partial charge in [0.05, 0.1) is 0 Å². The number of rotatable bonds is 2. The predicted molar refractivity (Wildman–Crippen MR) is 58.6 cm³/mol.